The Morgan fingerprint density at radius 3 is 2.47 bits per heavy atom. The number of hydrogen-bond donors (Lipinski definition) is 1. The molecule has 4 rings (SSSR count). The van der Waals surface area contributed by atoms with Gasteiger partial charge in [-0.25, -0.2) is 4.52 Å². The van der Waals surface area contributed by atoms with Crippen LogP contribution in [0.1, 0.15) is 28.5 Å². The number of carbonyl (C=O) groups excluding carboxylic acids is 1. The van der Waals surface area contributed by atoms with Gasteiger partial charge < -0.3 is 9.88 Å². The predicted octanol–water partition coefficient (Wildman–Crippen LogP) is 3.62. The molecule has 0 saturated heterocycles. The van der Waals surface area contributed by atoms with Gasteiger partial charge in [-0.3, -0.25) is 9.59 Å². The molecular weight excluding hydrogens is 397 g/mol. The van der Waals surface area contributed by atoms with Crippen LogP contribution in [0.15, 0.2) is 59.4 Å². The Balaban J connectivity index is 1.66. The summed E-state index contributed by atoms with van der Waals surface area (Å²) >= 11 is 0. The topological polar surface area (TPSA) is 68.4 Å². The molecule has 9 heteroatoms. The van der Waals surface area contributed by atoms with Crippen molar-refractivity contribution in [2.45, 2.75) is 26.2 Å². The maximum Gasteiger partial charge on any atom is 0.416 e. The Kier molecular flexibility index (Phi) is 4.81. The first kappa shape index (κ1) is 19.7. The lowest BCUT2D eigenvalue weighted by Gasteiger charge is -2.09. The molecule has 0 aliphatic carbocycles. The summed E-state index contributed by atoms with van der Waals surface area (Å²) in [6.45, 7) is 2.21. The summed E-state index contributed by atoms with van der Waals surface area (Å²) in [6, 6.07) is 13.3. The lowest BCUT2D eigenvalue weighted by atomic mass is 10.1. The minimum Gasteiger partial charge on any atom is -0.347 e. The van der Waals surface area contributed by atoms with Crippen LogP contribution >= 0.6 is 0 Å². The number of nitrogens with zero attached hydrogens (tertiary/aromatic N) is 3. The van der Waals surface area contributed by atoms with Crippen molar-refractivity contribution in [1.82, 2.24) is 19.5 Å². The van der Waals surface area contributed by atoms with E-state index in [1.54, 1.807) is 22.8 Å². The largest absolute Gasteiger partial charge is 0.416 e. The quantitative estimate of drug-likeness (QED) is 0.555. The maximum atomic E-state index is 12.8. The van der Waals surface area contributed by atoms with Gasteiger partial charge in [-0.05, 0) is 36.8 Å². The average Bonchev–Trinajstić information content (AvgIpc) is 3.18. The van der Waals surface area contributed by atoms with Gasteiger partial charge in [0.15, 0.2) is 5.69 Å². The maximum absolute atomic E-state index is 12.8. The molecule has 2 aromatic heterocycles. The lowest BCUT2D eigenvalue weighted by molar-refractivity contribution is -0.137. The van der Waals surface area contributed by atoms with Gasteiger partial charge >= 0.3 is 6.18 Å². The third-order valence-electron chi connectivity index (χ3n) is 4.83. The number of hydrogen-bond acceptors (Lipinski definition) is 3. The lowest BCUT2D eigenvalue weighted by Crippen LogP contribution is -2.23. The average molecular weight is 414 g/mol. The molecule has 2 heterocycles. The van der Waals surface area contributed by atoms with Crippen molar-refractivity contribution in [2.75, 3.05) is 0 Å². The number of aromatic nitrogens is 3. The number of aryl methyl sites for hydroxylation is 1. The van der Waals surface area contributed by atoms with Crippen LogP contribution in [-0.4, -0.2) is 20.1 Å². The fourth-order valence-corrected chi connectivity index (χ4v) is 3.39. The van der Waals surface area contributed by atoms with Crippen LogP contribution in [0.25, 0.3) is 16.6 Å². The van der Waals surface area contributed by atoms with Crippen molar-refractivity contribution >= 4 is 22.5 Å². The fraction of sp³-hybridized carbons (Fsp3) is 0.190. The zero-order valence-electron chi connectivity index (χ0n) is 15.9. The summed E-state index contributed by atoms with van der Waals surface area (Å²) in [6.07, 6.45) is -4.46. The van der Waals surface area contributed by atoms with Crippen molar-refractivity contribution in [3.63, 3.8) is 0 Å². The van der Waals surface area contributed by atoms with E-state index in [4.69, 9.17) is 0 Å². The molecule has 0 bridgehead atoms. The molecule has 0 saturated carbocycles. The van der Waals surface area contributed by atoms with Gasteiger partial charge in [0.2, 0.25) is 0 Å². The number of nitrogens with one attached hydrogen (secondary N) is 1. The molecule has 6 nitrogen and oxygen atoms in total. The number of benzene rings is 2. The van der Waals surface area contributed by atoms with Crippen LogP contribution in [0.2, 0.25) is 0 Å². The molecule has 0 aliphatic heterocycles. The van der Waals surface area contributed by atoms with Gasteiger partial charge in [0.05, 0.1) is 16.6 Å². The Hall–Kier alpha value is -3.62. The minimum absolute atomic E-state index is 0.0121. The second-order valence-electron chi connectivity index (χ2n) is 6.75. The Bertz CT molecular complexity index is 1320. The van der Waals surface area contributed by atoms with E-state index >= 15 is 0 Å². The molecular formula is C21H17F3N4O2. The third kappa shape index (κ3) is 3.42. The van der Waals surface area contributed by atoms with Crippen LogP contribution in [0, 0.1) is 0 Å². The van der Waals surface area contributed by atoms with E-state index in [9.17, 15) is 22.8 Å². The van der Waals surface area contributed by atoms with Gasteiger partial charge in [0.25, 0.3) is 11.5 Å². The first-order chi connectivity index (χ1) is 14.3. The zero-order valence-corrected chi connectivity index (χ0v) is 15.9. The van der Waals surface area contributed by atoms with Crippen LogP contribution in [0.3, 0.4) is 0 Å². The van der Waals surface area contributed by atoms with Crippen molar-refractivity contribution in [2.24, 2.45) is 0 Å². The normalized spacial score (nSPS) is 11.9. The number of rotatable bonds is 4. The molecule has 154 valence electrons. The summed E-state index contributed by atoms with van der Waals surface area (Å²) in [5, 5.41) is 6.82. The monoisotopic (exact) mass is 414 g/mol. The molecule has 0 spiro atoms. The summed E-state index contributed by atoms with van der Waals surface area (Å²) < 4.78 is 41.6. The van der Waals surface area contributed by atoms with Crippen LogP contribution in [0.4, 0.5) is 13.2 Å². The standard InChI is InChI=1S/C21H17F3N4O2/c1-2-27-16-8-3-4-9-17(16)28-18(20(27)30)11-15(26-28)19(29)25-12-13-6-5-7-14(10-13)21(22,23)24/h3-11H,2,12H2,1H3,(H,25,29). The highest BCUT2D eigenvalue weighted by molar-refractivity contribution is 5.94. The number of halogens is 3. The molecule has 0 fully saturated rings. The first-order valence-electron chi connectivity index (χ1n) is 9.25. The number of alkyl halides is 3. The van der Waals surface area contributed by atoms with Gasteiger partial charge in [0.1, 0.15) is 5.52 Å². The molecule has 30 heavy (non-hydrogen) atoms. The third-order valence-corrected chi connectivity index (χ3v) is 4.83. The predicted molar refractivity (Wildman–Crippen MR) is 105 cm³/mol. The Morgan fingerprint density at radius 1 is 1.03 bits per heavy atom. The second-order valence-corrected chi connectivity index (χ2v) is 6.75. The zero-order chi connectivity index (χ0) is 21.5. The summed E-state index contributed by atoms with van der Waals surface area (Å²) in [7, 11) is 0. The number of amides is 1. The van der Waals surface area contributed by atoms with Gasteiger partial charge in [-0.1, -0.05) is 24.3 Å². The fourth-order valence-electron chi connectivity index (χ4n) is 3.39. The van der Waals surface area contributed by atoms with Crippen molar-refractivity contribution in [1.29, 1.82) is 0 Å². The van der Waals surface area contributed by atoms with Crippen LogP contribution in [-0.2, 0) is 19.3 Å². The summed E-state index contributed by atoms with van der Waals surface area (Å²) in [5.74, 6) is -0.581. The molecule has 0 atom stereocenters. The Labute approximate surface area is 168 Å². The van der Waals surface area contributed by atoms with Crippen molar-refractivity contribution < 1.29 is 18.0 Å². The first-order valence-corrected chi connectivity index (χ1v) is 9.25. The highest BCUT2D eigenvalue weighted by Gasteiger charge is 2.30. The number of carbonyl (C=O) groups is 1. The summed E-state index contributed by atoms with van der Waals surface area (Å²) in [5.41, 5.74) is 0.871. The Morgan fingerprint density at radius 2 is 1.77 bits per heavy atom. The molecule has 0 aliphatic rings. The van der Waals surface area contributed by atoms with E-state index in [1.165, 1.54) is 22.7 Å². The molecule has 1 N–H and O–H groups in total. The molecule has 4 aromatic rings. The number of fused-ring (bicyclic) bond motifs is 3. The van der Waals surface area contributed by atoms with Gasteiger partial charge in [-0.15, -0.1) is 0 Å². The van der Waals surface area contributed by atoms with E-state index < -0.39 is 17.6 Å². The summed E-state index contributed by atoms with van der Waals surface area (Å²) in [4.78, 5) is 25.3. The van der Waals surface area contributed by atoms with Crippen molar-refractivity contribution in [3.8, 4) is 0 Å². The second kappa shape index (κ2) is 7.33. The molecule has 1 amide bonds. The van der Waals surface area contributed by atoms with E-state index in [1.807, 2.05) is 13.0 Å². The van der Waals surface area contributed by atoms with Crippen LogP contribution in [0.5, 0.6) is 0 Å². The smallest absolute Gasteiger partial charge is 0.347 e. The van der Waals surface area contributed by atoms with E-state index in [0.29, 0.717) is 23.1 Å². The van der Waals surface area contributed by atoms with Crippen LogP contribution < -0.4 is 10.9 Å². The van der Waals surface area contributed by atoms with Gasteiger partial charge in [0, 0.05) is 19.2 Å². The minimum atomic E-state index is -4.46. The van der Waals surface area contributed by atoms with E-state index in [0.717, 1.165) is 12.1 Å². The highest BCUT2D eigenvalue weighted by Crippen LogP contribution is 2.29. The molecule has 0 radical (unpaired) electrons. The highest BCUT2D eigenvalue weighted by atomic mass is 19.4. The van der Waals surface area contributed by atoms with E-state index in [-0.39, 0.29) is 23.3 Å². The molecule has 0 unspecified atom stereocenters. The molecule has 2 aromatic carbocycles. The van der Waals surface area contributed by atoms with Crippen molar-refractivity contribution in [3.05, 3.63) is 81.8 Å². The number of para-hydroxylation sites is 2. The van der Waals surface area contributed by atoms with E-state index in [2.05, 4.69) is 10.4 Å². The SMILES string of the molecule is CCn1c(=O)c2cc(C(=O)NCc3cccc(C(F)(F)F)c3)nn2c2ccccc21. The van der Waals surface area contributed by atoms with Gasteiger partial charge in [-0.2, -0.15) is 18.3 Å².